The molecule has 2 aromatic heterocycles. The van der Waals surface area contributed by atoms with Crippen molar-refractivity contribution in [3.63, 3.8) is 0 Å². The minimum atomic E-state index is 0.323. The Balaban J connectivity index is 1.39. The number of fused-ring (bicyclic) bond motifs is 1. The fraction of sp³-hybridized carbons (Fsp3) is 0.400. The van der Waals surface area contributed by atoms with Crippen LogP contribution >= 0.6 is 0 Å². The minimum absolute atomic E-state index is 0.323. The van der Waals surface area contributed by atoms with Gasteiger partial charge >= 0.3 is 0 Å². The molecular formula is C25H28N7+. The lowest BCUT2D eigenvalue weighted by Gasteiger charge is -2.36. The third-order valence-electron chi connectivity index (χ3n) is 6.50. The summed E-state index contributed by atoms with van der Waals surface area (Å²) in [4.78, 5) is 7.00. The number of aryl methyl sites for hydroxylation is 1. The maximum absolute atomic E-state index is 9.56. The molecule has 1 saturated heterocycles. The van der Waals surface area contributed by atoms with Crippen LogP contribution in [0.1, 0.15) is 25.0 Å². The number of hydrogen-bond acceptors (Lipinski definition) is 6. The Morgan fingerprint density at radius 2 is 1.97 bits per heavy atom. The van der Waals surface area contributed by atoms with Gasteiger partial charge in [0.2, 0.25) is 5.71 Å². The zero-order valence-corrected chi connectivity index (χ0v) is 19.0. The predicted octanol–water partition coefficient (Wildman–Crippen LogP) is 2.59. The summed E-state index contributed by atoms with van der Waals surface area (Å²) in [5.74, 6) is 1.23. The average molecular weight is 427 g/mol. The van der Waals surface area contributed by atoms with Crippen LogP contribution in [0.25, 0.3) is 17.0 Å². The van der Waals surface area contributed by atoms with Gasteiger partial charge in [-0.25, -0.2) is 4.58 Å². The van der Waals surface area contributed by atoms with Crippen molar-refractivity contribution in [3.05, 3.63) is 53.2 Å². The number of pyridine rings is 1. The third kappa shape index (κ3) is 3.61. The number of aromatic nitrogens is 3. The molecule has 0 amide bonds. The number of allylic oxidation sites excluding steroid dienone is 3. The maximum Gasteiger partial charge on any atom is 0.207 e. The molecule has 0 saturated carbocycles. The summed E-state index contributed by atoms with van der Waals surface area (Å²) in [6.07, 6.45) is 6.10. The molecule has 3 unspecified atom stereocenters. The Morgan fingerprint density at radius 3 is 2.59 bits per heavy atom. The number of hydrogen-bond donors (Lipinski definition) is 1. The molecule has 2 aromatic rings. The van der Waals surface area contributed by atoms with E-state index >= 15 is 0 Å². The quantitative estimate of drug-likeness (QED) is 0.760. The average Bonchev–Trinajstić information content (AvgIpc) is 2.77. The lowest BCUT2D eigenvalue weighted by atomic mass is 9.82. The van der Waals surface area contributed by atoms with Crippen molar-refractivity contribution in [1.82, 2.24) is 20.5 Å². The first-order valence-corrected chi connectivity index (χ1v) is 11.2. The Labute approximate surface area is 188 Å². The summed E-state index contributed by atoms with van der Waals surface area (Å²) in [5, 5.41) is 22.1. The van der Waals surface area contributed by atoms with Crippen LogP contribution in [0.4, 0.5) is 5.82 Å². The van der Waals surface area contributed by atoms with E-state index in [1.54, 1.807) is 0 Å². The summed E-state index contributed by atoms with van der Waals surface area (Å²) in [7, 11) is 2.03. The molecular weight excluding hydrogens is 398 g/mol. The lowest BCUT2D eigenvalue weighted by Crippen LogP contribution is -2.54. The second kappa shape index (κ2) is 7.95. The van der Waals surface area contributed by atoms with Gasteiger partial charge in [-0.05, 0) is 56.2 Å². The molecule has 0 radical (unpaired) electrons. The Bertz CT molecular complexity index is 1190. The SMILES string of the molecule is Cc1cc(C2=CC3C[N+](C)=C3C(C#N)=C2)cnc1-c1ccc(N2CC(C)NC(C)C2)nn1. The lowest BCUT2D eigenvalue weighted by molar-refractivity contribution is -0.530. The second-order valence-corrected chi connectivity index (χ2v) is 9.20. The molecule has 5 rings (SSSR count). The minimum Gasteiger partial charge on any atom is -0.352 e. The molecule has 4 heterocycles. The topological polar surface area (TPSA) is 80.7 Å². The summed E-state index contributed by atoms with van der Waals surface area (Å²) < 4.78 is 2.14. The van der Waals surface area contributed by atoms with Gasteiger partial charge in [0.05, 0.1) is 5.69 Å². The molecule has 0 bridgehead atoms. The molecule has 1 aliphatic carbocycles. The molecule has 1 N–H and O–H groups in total. The van der Waals surface area contributed by atoms with Crippen LogP contribution < -0.4 is 10.2 Å². The second-order valence-electron chi connectivity index (χ2n) is 9.20. The van der Waals surface area contributed by atoms with Gasteiger partial charge in [-0.15, -0.1) is 10.2 Å². The van der Waals surface area contributed by atoms with E-state index in [9.17, 15) is 5.26 Å². The Morgan fingerprint density at radius 1 is 1.19 bits per heavy atom. The summed E-state index contributed by atoms with van der Waals surface area (Å²) in [6, 6.07) is 9.38. The number of nitrogens with one attached hydrogen (secondary N) is 1. The fourth-order valence-electron chi connectivity index (χ4n) is 5.09. The number of anilines is 1. The van der Waals surface area contributed by atoms with Crippen LogP contribution in [0.3, 0.4) is 0 Å². The standard InChI is InChI=1S/C25H28N7/c1-15-7-20(18-8-19(10-26)25-21(9-18)14-31(25)4)11-27-24(15)22-5-6-23(30-29-22)32-12-16(2)28-17(3)13-32/h5-9,11,16-17,21,28H,12-14H2,1-4H3/q+1. The van der Waals surface area contributed by atoms with Gasteiger partial charge in [-0.3, -0.25) is 4.98 Å². The summed E-state index contributed by atoms with van der Waals surface area (Å²) in [5.41, 5.74) is 6.63. The smallest absolute Gasteiger partial charge is 0.207 e. The van der Waals surface area contributed by atoms with Crippen molar-refractivity contribution in [2.45, 2.75) is 32.9 Å². The molecule has 3 aliphatic rings. The summed E-state index contributed by atoms with van der Waals surface area (Å²) >= 11 is 0. The van der Waals surface area contributed by atoms with Crippen molar-refractivity contribution >= 4 is 17.1 Å². The van der Waals surface area contributed by atoms with Crippen LogP contribution in [-0.2, 0) is 0 Å². The van der Waals surface area contributed by atoms with Crippen molar-refractivity contribution in [3.8, 4) is 17.5 Å². The molecule has 1 fully saturated rings. The predicted molar refractivity (Wildman–Crippen MR) is 125 cm³/mol. The van der Waals surface area contributed by atoms with E-state index in [1.165, 1.54) is 0 Å². The first-order valence-electron chi connectivity index (χ1n) is 11.2. The van der Waals surface area contributed by atoms with Gasteiger partial charge in [0, 0.05) is 36.9 Å². The monoisotopic (exact) mass is 426 g/mol. The van der Waals surface area contributed by atoms with Gasteiger partial charge in [-0.2, -0.15) is 5.26 Å². The zero-order valence-electron chi connectivity index (χ0n) is 19.0. The van der Waals surface area contributed by atoms with E-state index in [4.69, 9.17) is 4.98 Å². The van der Waals surface area contributed by atoms with E-state index in [0.717, 1.165) is 64.8 Å². The third-order valence-corrected chi connectivity index (χ3v) is 6.50. The van der Waals surface area contributed by atoms with E-state index in [1.807, 2.05) is 38.4 Å². The highest BCUT2D eigenvalue weighted by molar-refractivity contribution is 6.09. The van der Waals surface area contributed by atoms with E-state index < -0.39 is 0 Å². The maximum atomic E-state index is 9.56. The van der Waals surface area contributed by atoms with Crippen molar-refractivity contribution < 1.29 is 4.58 Å². The van der Waals surface area contributed by atoms with Crippen molar-refractivity contribution in [2.24, 2.45) is 5.92 Å². The van der Waals surface area contributed by atoms with Gasteiger partial charge in [0.15, 0.2) is 12.4 Å². The van der Waals surface area contributed by atoms with Crippen LogP contribution in [0.15, 0.2) is 42.1 Å². The number of nitrogens with zero attached hydrogens (tertiary/aromatic N) is 6. The van der Waals surface area contributed by atoms with Crippen LogP contribution in [-0.4, -0.2) is 64.2 Å². The van der Waals surface area contributed by atoms with Gasteiger partial charge in [0.1, 0.15) is 30.3 Å². The number of piperazine rings is 1. The van der Waals surface area contributed by atoms with E-state index in [-0.39, 0.29) is 0 Å². The van der Waals surface area contributed by atoms with Gasteiger partial charge in [0.25, 0.3) is 0 Å². The molecule has 32 heavy (non-hydrogen) atoms. The van der Waals surface area contributed by atoms with E-state index in [0.29, 0.717) is 18.0 Å². The van der Waals surface area contributed by atoms with Gasteiger partial charge < -0.3 is 10.2 Å². The molecule has 162 valence electrons. The van der Waals surface area contributed by atoms with Gasteiger partial charge in [-0.1, -0.05) is 6.08 Å². The molecule has 7 nitrogen and oxygen atoms in total. The molecule has 7 heteroatoms. The van der Waals surface area contributed by atoms with Crippen LogP contribution in [0, 0.1) is 24.2 Å². The number of rotatable bonds is 3. The molecule has 3 atom stereocenters. The molecule has 0 aromatic carbocycles. The van der Waals surface area contributed by atoms with Crippen molar-refractivity contribution in [1.29, 1.82) is 5.26 Å². The first kappa shape index (κ1) is 20.5. The first-order chi connectivity index (χ1) is 15.4. The highest BCUT2D eigenvalue weighted by Crippen LogP contribution is 2.32. The van der Waals surface area contributed by atoms with Crippen LogP contribution in [0.2, 0.25) is 0 Å². The fourth-order valence-corrected chi connectivity index (χ4v) is 5.09. The summed E-state index contributed by atoms with van der Waals surface area (Å²) in [6.45, 7) is 9.24. The van der Waals surface area contributed by atoms with Crippen LogP contribution in [0.5, 0.6) is 0 Å². The Kier molecular flexibility index (Phi) is 5.10. The largest absolute Gasteiger partial charge is 0.352 e. The van der Waals surface area contributed by atoms with E-state index in [2.05, 4.69) is 57.0 Å². The van der Waals surface area contributed by atoms with Crippen molar-refractivity contribution in [2.75, 3.05) is 31.6 Å². The highest BCUT2D eigenvalue weighted by Gasteiger charge is 2.40. The zero-order chi connectivity index (χ0) is 22.4. The normalized spacial score (nSPS) is 24.8. The molecule has 2 aliphatic heterocycles. The molecule has 0 spiro atoms. The Hall–Kier alpha value is -3.37. The number of nitriles is 1. The highest BCUT2D eigenvalue weighted by atomic mass is 15.3.